The molecule has 0 aromatic heterocycles. The highest BCUT2D eigenvalue weighted by Gasteiger charge is 2.52. The van der Waals surface area contributed by atoms with E-state index >= 15 is 0 Å². The van der Waals surface area contributed by atoms with Crippen LogP contribution < -0.4 is 9.04 Å². The van der Waals surface area contributed by atoms with Crippen molar-refractivity contribution in [3.05, 3.63) is 88.2 Å². The number of benzene rings is 3. The number of carbonyl (C=O) groups is 1. The third-order valence-electron chi connectivity index (χ3n) is 6.88. The first-order chi connectivity index (χ1) is 19.2. The van der Waals surface area contributed by atoms with E-state index < -0.39 is 44.0 Å². The topological polar surface area (TPSA) is 87.2 Å². The van der Waals surface area contributed by atoms with Crippen LogP contribution in [0.25, 0.3) is 11.6 Å². The number of hydrogen-bond acceptors (Lipinski definition) is 5. The number of fused-ring (bicyclic) bond motifs is 1. The average molecular weight is 611 g/mol. The van der Waals surface area contributed by atoms with E-state index in [0.29, 0.717) is 17.2 Å². The number of sulfonamides is 1. The summed E-state index contributed by atoms with van der Waals surface area (Å²) in [4.78, 5) is 12.1. The maximum absolute atomic E-state index is 14.5. The van der Waals surface area contributed by atoms with Crippen LogP contribution in [-0.2, 0) is 21.0 Å². The van der Waals surface area contributed by atoms with Crippen LogP contribution in [0.3, 0.4) is 0 Å². The Labute approximate surface area is 238 Å². The van der Waals surface area contributed by atoms with Gasteiger partial charge in [0.1, 0.15) is 11.6 Å². The van der Waals surface area contributed by atoms with E-state index in [1.807, 2.05) is 0 Å². The number of carboxylic acid groups (broad SMARTS) is 1. The molecule has 0 saturated carbocycles. The van der Waals surface area contributed by atoms with E-state index in [4.69, 9.17) is 21.4 Å². The smallest absolute Gasteiger partial charge is 0.416 e. The maximum Gasteiger partial charge on any atom is 0.416 e. The Morgan fingerprint density at radius 2 is 1.80 bits per heavy atom. The summed E-state index contributed by atoms with van der Waals surface area (Å²) in [6.07, 6.45) is -3.16. The van der Waals surface area contributed by atoms with E-state index in [2.05, 4.69) is 0 Å². The monoisotopic (exact) mass is 610 g/mol. The molecule has 0 amide bonds. The second-order valence-corrected chi connectivity index (χ2v) is 12.3. The first-order valence-electron chi connectivity index (χ1n) is 12.3. The molecule has 1 saturated heterocycles. The fourth-order valence-electron chi connectivity index (χ4n) is 5.13. The van der Waals surface area contributed by atoms with Crippen molar-refractivity contribution < 1.29 is 40.6 Å². The van der Waals surface area contributed by atoms with Gasteiger partial charge in [-0.05, 0) is 60.5 Å². The summed E-state index contributed by atoms with van der Waals surface area (Å²) < 4.78 is 89.6. The number of carboxylic acids is 1. The molecule has 3 aromatic carbocycles. The van der Waals surface area contributed by atoms with Gasteiger partial charge in [-0.3, -0.25) is 14.0 Å². The predicted molar refractivity (Wildman–Crippen MR) is 145 cm³/mol. The van der Waals surface area contributed by atoms with Crippen LogP contribution in [-0.4, -0.2) is 56.2 Å². The zero-order valence-corrected chi connectivity index (χ0v) is 23.0. The number of hydrogen-bond donors (Lipinski definition) is 1. The second-order valence-electron chi connectivity index (χ2n) is 10.0. The normalized spacial score (nSPS) is 17.1. The highest BCUT2D eigenvalue weighted by Crippen LogP contribution is 2.44. The fraction of sp³-hybridized carbons (Fsp3) is 0.250. The van der Waals surface area contributed by atoms with E-state index in [0.717, 1.165) is 22.5 Å². The third-order valence-corrected chi connectivity index (χ3v) is 8.95. The van der Waals surface area contributed by atoms with Gasteiger partial charge in [0.25, 0.3) is 10.0 Å². The van der Waals surface area contributed by atoms with Crippen LogP contribution in [0.2, 0.25) is 5.02 Å². The number of alkyl halides is 3. The molecule has 7 nitrogen and oxygen atoms in total. The Bertz CT molecular complexity index is 1650. The van der Waals surface area contributed by atoms with Crippen molar-refractivity contribution >= 4 is 44.9 Å². The molecule has 2 heterocycles. The molecule has 5 rings (SSSR count). The van der Waals surface area contributed by atoms with Gasteiger partial charge < -0.3 is 9.84 Å². The molecule has 1 N–H and O–H groups in total. The number of halogens is 5. The van der Waals surface area contributed by atoms with Gasteiger partial charge in [-0.15, -0.1) is 0 Å². The van der Waals surface area contributed by atoms with Crippen molar-refractivity contribution in [3.8, 4) is 5.75 Å². The van der Waals surface area contributed by atoms with Crippen LogP contribution in [0.15, 0.2) is 65.6 Å². The summed E-state index contributed by atoms with van der Waals surface area (Å²) in [6, 6.07) is 12.3. The van der Waals surface area contributed by atoms with Gasteiger partial charge in [0, 0.05) is 18.7 Å². The number of aliphatic carboxylic acids is 1. The van der Waals surface area contributed by atoms with E-state index in [-0.39, 0.29) is 48.2 Å². The lowest BCUT2D eigenvalue weighted by atomic mass is 9.91. The van der Waals surface area contributed by atoms with Gasteiger partial charge in [-0.1, -0.05) is 35.9 Å². The molecule has 0 atom stereocenters. The first kappa shape index (κ1) is 28.9. The Hall–Kier alpha value is -3.61. The zero-order valence-electron chi connectivity index (χ0n) is 21.5. The molecule has 216 valence electrons. The Morgan fingerprint density at radius 1 is 1.10 bits per heavy atom. The highest BCUT2D eigenvalue weighted by molar-refractivity contribution is 7.92. The van der Waals surface area contributed by atoms with Crippen molar-refractivity contribution in [1.29, 1.82) is 0 Å². The fourth-order valence-corrected chi connectivity index (χ4v) is 7.03. The van der Waals surface area contributed by atoms with Crippen molar-refractivity contribution in [2.75, 3.05) is 30.5 Å². The number of ether oxygens (including phenoxy) is 1. The summed E-state index contributed by atoms with van der Waals surface area (Å²) in [5, 5.41) is 9.30. The number of likely N-dealkylation sites (tertiary alicyclic amines) is 1. The summed E-state index contributed by atoms with van der Waals surface area (Å²) in [5.41, 5.74) is -1.06. The lowest BCUT2D eigenvalue weighted by molar-refractivity contribution is -0.144. The Kier molecular flexibility index (Phi) is 7.29. The minimum absolute atomic E-state index is 0.0749. The molecule has 2 aliphatic heterocycles. The molecule has 41 heavy (non-hydrogen) atoms. The molecule has 2 aliphatic rings. The SMILES string of the molecule is C/C(=C\c1ccc2c(c1)N(S(=O)(=O)c1cccc(C(F)(F)F)c1)CC1(CN(CC(=O)O)C1)O2)c1c(F)cccc1Cl. The minimum atomic E-state index is -4.76. The summed E-state index contributed by atoms with van der Waals surface area (Å²) in [6.45, 7) is 1.29. The highest BCUT2D eigenvalue weighted by atomic mass is 35.5. The van der Waals surface area contributed by atoms with Crippen molar-refractivity contribution in [3.63, 3.8) is 0 Å². The Morgan fingerprint density at radius 3 is 2.46 bits per heavy atom. The number of anilines is 1. The van der Waals surface area contributed by atoms with E-state index in [9.17, 15) is 30.8 Å². The summed E-state index contributed by atoms with van der Waals surface area (Å²) in [5.74, 6) is -1.45. The molecule has 3 aromatic rings. The van der Waals surface area contributed by atoms with E-state index in [1.165, 1.54) is 30.3 Å². The molecular weight excluding hydrogens is 588 g/mol. The summed E-state index contributed by atoms with van der Waals surface area (Å²) >= 11 is 6.19. The third kappa shape index (κ3) is 5.64. The van der Waals surface area contributed by atoms with Gasteiger partial charge in [0.05, 0.1) is 34.3 Å². The van der Waals surface area contributed by atoms with Gasteiger partial charge in [-0.2, -0.15) is 13.2 Å². The minimum Gasteiger partial charge on any atom is -0.480 e. The quantitative estimate of drug-likeness (QED) is 0.281. The molecule has 1 spiro atoms. The van der Waals surface area contributed by atoms with Crippen molar-refractivity contribution in [1.82, 2.24) is 4.90 Å². The molecule has 13 heteroatoms. The predicted octanol–water partition coefficient (Wildman–Crippen LogP) is 5.79. The lowest BCUT2D eigenvalue weighted by Gasteiger charge is -2.53. The second kappa shape index (κ2) is 10.3. The average Bonchev–Trinajstić information content (AvgIpc) is 2.86. The number of nitrogens with zero attached hydrogens (tertiary/aromatic N) is 2. The lowest BCUT2D eigenvalue weighted by Crippen LogP contribution is -2.71. The van der Waals surface area contributed by atoms with Crippen molar-refractivity contribution in [2.24, 2.45) is 0 Å². The van der Waals surface area contributed by atoms with Crippen molar-refractivity contribution in [2.45, 2.75) is 23.6 Å². The first-order valence-corrected chi connectivity index (χ1v) is 14.1. The van der Waals surface area contributed by atoms with Gasteiger partial charge in [-0.25, -0.2) is 12.8 Å². The molecule has 0 bridgehead atoms. The Balaban J connectivity index is 1.58. The number of allylic oxidation sites excluding steroid dienone is 1. The largest absolute Gasteiger partial charge is 0.480 e. The molecule has 0 radical (unpaired) electrons. The van der Waals surface area contributed by atoms with Gasteiger partial charge in [0.2, 0.25) is 0 Å². The van der Waals surface area contributed by atoms with Gasteiger partial charge >= 0.3 is 12.1 Å². The molecule has 0 aliphatic carbocycles. The molecule has 1 fully saturated rings. The van der Waals surface area contributed by atoms with Crippen LogP contribution in [0.4, 0.5) is 23.2 Å². The van der Waals surface area contributed by atoms with Crippen LogP contribution in [0.5, 0.6) is 5.75 Å². The molecule has 0 unspecified atom stereocenters. The van der Waals surface area contributed by atoms with Crippen LogP contribution in [0, 0.1) is 5.82 Å². The van der Waals surface area contributed by atoms with Crippen LogP contribution >= 0.6 is 11.6 Å². The standard InChI is InChI=1S/C28H23ClF4N2O5S/c1-17(26-21(29)6-3-7-22(26)30)10-18-8-9-24-23(11-18)35(16-27(40-24)14-34(15-27)13-25(36)37)41(38,39)20-5-2-4-19(12-20)28(31,32)33/h2-12H,13-16H2,1H3,(H,36,37)/b17-10+. The summed E-state index contributed by atoms with van der Waals surface area (Å²) in [7, 11) is -4.54. The van der Waals surface area contributed by atoms with Crippen LogP contribution in [0.1, 0.15) is 23.6 Å². The molecular formula is C28H23ClF4N2O5S. The van der Waals surface area contributed by atoms with Gasteiger partial charge in [0.15, 0.2) is 5.60 Å². The van der Waals surface area contributed by atoms with E-state index in [1.54, 1.807) is 24.0 Å². The number of rotatable bonds is 6. The zero-order chi connectivity index (χ0) is 29.7. The maximum atomic E-state index is 14.5.